The average Bonchev–Trinajstić information content (AvgIpc) is 2.85. The first kappa shape index (κ1) is 26.4. The molecule has 0 saturated heterocycles. The van der Waals surface area contributed by atoms with E-state index in [-0.39, 0.29) is 5.92 Å². The van der Waals surface area contributed by atoms with Crippen molar-refractivity contribution in [3.63, 3.8) is 0 Å². The van der Waals surface area contributed by atoms with Crippen molar-refractivity contribution >= 4 is 6.92 Å². The van der Waals surface area contributed by atoms with Crippen LogP contribution in [0.4, 0.5) is 0 Å². The van der Waals surface area contributed by atoms with Crippen LogP contribution in [-0.4, -0.2) is 13.5 Å². The molecular weight excluding hydrogens is 439 g/mol. The van der Waals surface area contributed by atoms with Crippen molar-refractivity contribution in [3.05, 3.63) is 47.7 Å². The molecule has 2 nitrogen and oxygen atoms in total. The first-order valence-electron chi connectivity index (χ1n) is 15.0. The third kappa shape index (κ3) is 4.40. The Balaban J connectivity index is 1.36. The molecule has 6 aliphatic rings. The SMILES string of the molecule is C/C=C(\OB([C@H]1[C@H](C)C[C@H]2C[C@@H]1C2(C)C)[C@H]1[C@H](C)C[C@H]2C[C@@H]1C2(C)C)[C@@H](C)COCc1ccccc1. The fourth-order valence-corrected chi connectivity index (χ4v) is 9.38. The monoisotopic (exact) mass is 490 g/mol. The van der Waals surface area contributed by atoms with Gasteiger partial charge in [-0.2, -0.15) is 0 Å². The molecule has 36 heavy (non-hydrogen) atoms. The third-order valence-electron chi connectivity index (χ3n) is 11.9. The van der Waals surface area contributed by atoms with Crippen molar-refractivity contribution in [3.8, 4) is 0 Å². The molecule has 0 N–H and O–H groups in total. The Morgan fingerprint density at radius 1 is 0.917 bits per heavy atom. The number of hydrogen-bond acceptors (Lipinski definition) is 2. The van der Waals surface area contributed by atoms with E-state index in [0.717, 1.165) is 41.3 Å². The van der Waals surface area contributed by atoms with E-state index < -0.39 is 0 Å². The number of allylic oxidation sites excluding steroid dienone is 1. The van der Waals surface area contributed by atoms with Crippen LogP contribution in [0.25, 0.3) is 0 Å². The molecule has 0 amide bonds. The van der Waals surface area contributed by atoms with Crippen LogP contribution in [-0.2, 0) is 16.0 Å². The van der Waals surface area contributed by atoms with Crippen LogP contribution in [0.5, 0.6) is 0 Å². The van der Waals surface area contributed by atoms with Gasteiger partial charge in [0.15, 0.2) is 0 Å². The van der Waals surface area contributed by atoms with Crippen molar-refractivity contribution in [2.24, 2.45) is 52.3 Å². The van der Waals surface area contributed by atoms with Gasteiger partial charge in [0.25, 0.3) is 0 Å². The maximum atomic E-state index is 7.34. The van der Waals surface area contributed by atoms with Gasteiger partial charge >= 0.3 is 6.92 Å². The second kappa shape index (κ2) is 9.83. The molecule has 1 aromatic rings. The van der Waals surface area contributed by atoms with Crippen LogP contribution >= 0.6 is 0 Å². The largest absolute Gasteiger partial charge is 0.563 e. The van der Waals surface area contributed by atoms with Gasteiger partial charge in [-0.15, -0.1) is 0 Å². The molecule has 6 aliphatic carbocycles. The molecule has 7 rings (SSSR count). The van der Waals surface area contributed by atoms with E-state index in [4.69, 9.17) is 9.39 Å². The standard InChI is InChI=1S/C33H51BO2/c1-9-29(23(4)19-35-20-24-13-11-10-12-14-24)36-34(30-21(2)15-25-17-27(30)32(25,5)6)31-22(3)16-26-18-28(31)33(26,7)8/h9-14,21-23,25-28,30-31H,15-20H2,1-8H3/b29-9-/t21-,22-,23+,25+,26+,27+,28+,30+,31+/m1/s1. The second-order valence-corrected chi connectivity index (χ2v) is 14.5. The van der Waals surface area contributed by atoms with Crippen molar-refractivity contribution in [2.75, 3.05) is 6.61 Å². The Labute approximate surface area is 222 Å². The van der Waals surface area contributed by atoms with Gasteiger partial charge < -0.3 is 9.39 Å². The molecule has 4 bridgehead atoms. The summed E-state index contributed by atoms with van der Waals surface area (Å²) in [5, 5.41) is 0. The molecule has 198 valence electrons. The van der Waals surface area contributed by atoms with Crippen molar-refractivity contribution in [2.45, 2.75) is 99.3 Å². The van der Waals surface area contributed by atoms with Gasteiger partial charge in [-0.05, 0) is 96.1 Å². The van der Waals surface area contributed by atoms with Crippen LogP contribution in [0.2, 0.25) is 11.6 Å². The lowest BCUT2D eigenvalue weighted by Gasteiger charge is -2.67. The second-order valence-electron chi connectivity index (χ2n) is 14.5. The van der Waals surface area contributed by atoms with E-state index in [1.54, 1.807) is 0 Å². The van der Waals surface area contributed by atoms with E-state index in [1.807, 2.05) is 0 Å². The molecule has 0 aliphatic heterocycles. The fraction of sp³-hybridized carbons (Fsp3) is 0.758. The molecular formula is C33H51BO2. The smallest absolute Gasteiger partial charge is 0.364 e. The molecule has 6 saturated carbocycles. The lowest BCUT2D eigenvalue weighted by molar-refractivity contribution is -0.104. The van der Waals surface area contributed by atoms with E-state index >= 15 is 0 Å². The molecule has 6 fully saturated rings. The summed E-state index contributed by atoms with van der Waals surface area (Å²) in [5.41, 5.74) is 2.17. The zero-order chi connectivity index (χ0) is 25.8. The Morgan fingerprint density at radius 3 is 1.92 bits per heavy atom. The predicted molar refractivity (Wildman–Crippen MR) is 152 cm³/mol. The lowest BCUT2D eigenvalue weighted by atomic mass is 9.24. The minimum Gasteiger partial charge on any atom is -0.563 e. The van der Waals surface area contributed by atoms with Crippen LogP contribution in [0.15, 0.2) is 42.2 Å². The highest BCUT2D eigenvalue weighted by Gasteiger charge is 2.66. The van der Waals surface area contributed by atoms with E-state index in [0.29, 0.717) is 42.6 Å². The molecule has 0 radical (unpaired) electrons. The minimum atomic E-state index is 0.267. The number of benzene rings is 1. The first-order valence-corrected chi connectivity index (χ1v) is 15.0. The predicted octanol–water partition coefficient (Wildman–Crippen LogP) is 8.90. The van der Waals surface area contributed by atoms with Gasteiger partial charge in [-0.3, -0.25) is 0 Å². The minimum absolute atomic E-state index is 0.267. The third-order valence-corrected chi connectivity index (χ3v) is 11.9. The normalized spacial score (nSPS) is 38.9. The number of ether oxygens (including phenoxy) is 1. The van der Waals surface area contributed by atoms with Crippen LogP contribution in [0.1, 0.15) is 86.6 Å². The van der Waals surface area contributed by atoms with E-state index in [9.17, 15) is 0 Å². The molecule has 0 unspecified atom stereocenters. The molecule has 0 aromatic heterocycles. The van der Waals surface area contributed by atoms with Crippen molar-refractivity contribution in [1.29, 1.82) is 0 Å². The summed E-state index contributed by atoms with van der Waals surface area (Å²) >= 11 is 0. The summed E-state index contributed by atoms with van der Waals surface area (Å²) in [7, 11) is 0. The zero-order valence-electron chi connectivity index (χ0n) is 24.3. The van der Waals surface area contributed by atoms with Crippen molar-refractivity contribution < 1.29 is 9.39 Å². The maximum absolute atomic E-state index is 7.34. The number of fused-ring (bicyclic) bond motifs is 4. The summed E-state index contributed by atoms with van der Waals surface area (Å²) < 4.78 is 13.5. The quantitative estimate of drug-likeness (QED) is 0.254. The van der Waals surface area contributed by atoms with Crippen LogP contribution in [0.3, 0.4) is 0 Å². The summed E-state index contributed by atoms with van der Waals surface area (Å²) in [6.07, 6.45) is 7.84. The van der Waals surface area contributed by atoms with Crippen LogP contribution < -0.4 is 0 Å². The van der Waals surface area contributed by atoms with Gasteiger partial charge in [0.05, 0.1) is 19.0 Å². The fourth-order valence-electron chi connectivity index (χ4n) is 9.38. The highest BCUT2D eigenvalue weighted by molar-refractivity contribution is 6.56. The summed E-state index contributed by atoms with van der Waals surface area (Å²) in [6.45, 7) is 21.4. The summed E-state index contributed by atoms with van der Waals surface area (Å²) in [6, 6.07) is 10.5. The highest BCUT2D eigenvalue weighted by atomic mass is 16.5. The first-order chi connectivity index (χ1) is 17.1. The van der Waals surface area contributed by atoms with Crippen LogP contribution in [0, 0.1) is 52.3 Å². The van der Waals surface area contributed by atoms with Gasteiger partial charge in [0.1, 0.15) is 0 Å². The van der Waals surface area contributed by atoms with E-state index in [2.05, 4.69) is 91.8 Å². The summed E-state index contributed by atoms with van der Waals surface area (Å²) in [4.78, 5) is 0. The Kier molecular flexibility index (Phi) is 7.21. The van der Waals surface area contributed by atoms with Gasteiger partial charge in [-0.25, -0.2) is 0 Å². The molecule has 9 atom stereocenters. The number of hydrogen-bond donors (Lipinski definition) is 0. The van der Waals surface area contributed by atoms with Gasteiger partial charge in [-0.1, -0.05) is 84.9 Å². The Bertz CT molecular complexity index is 894. The topological polar surface area (TPSA) is 18.5 Å². The Morgan fingerprint density at radius 2 is 1.44 bits per heavy atom. The van der Waals surface area contributed by atoms with E-state index in [1.165, 1.54) is 31.2 Å². The maximum Gasteiger partial charge on any atom is 0.364 e. The zero-order valence-corrected chi connectivity index (χ0v) is 24.3. The molecule has 0 spiro atoms. The van der Waals surface area contributed by atoms with Gasteiger partial charge in [0, 0.05) is 5.92 Å². The molecule has 3 heteroatoms. The van der Waals surface area contributed by atoms with Gasteiger partial charge in [0.2, 0.25) is 0 Å². The molecule has 1 aromatic carbocycles. The lowest BCUT2D eigenvalue weighted by Crippen LogP contribution is -2.62. The Hall–Kier alpha value is -1.22. The average molecular weight is 491 g/mol. The highest BCUT2D eigenvalue weighted by Crippen LogP contribution is 2.71. The van der Waals surface area contributed by atoms with Crippen molar-refractivity contribution in [1.82, 2.24) is 0 Å². The number of rotatable bonds is 9. The summed E-state index contributed by atoms with van der Waals surface area (Å²) in [5.74, 6) is 7.68. The molecule has 0 heterocycles.